The average Bonchev–Trinajstić information content (AvgIpc) is 3.21. The molecule has 2 amide bonds. The van der Waals surface area contributed by atoms with E-state index >= 15 is 0 Å². The van der Waals surface area contributed by atoms with E-state index in [0.717, 1.165) is 16.9 Å². The zero-order chi connectivity index (χ0) is 21.6. The van der Waals surface area contributed by atoms with Crippen molar-refractivity contribution in [1.29, 1.82) is 0 Å². The van der Waals surface area contributed by atoms with Gasteiger partial charge < -0.3 is 9.47 Å². The molecule has 0 spiro atoms. The van der Waals surface area contributed by atoms with Gasteiger partial charge in [0.15, 0.2) is 6.61 Å². The largest absolute Gasteiger partial charge is 0.484 e. The SMILES string of the molecule is Cc1cccc(OCC(=O)NNC(=O)Cc2ccc(S(=O)(=O)N3CCOCC3)s2)c1. The molecule has 2 aromatic rings. The minimum Gasteiger partial charge on any atom is -0.484 e. The van der Waals surface area contributed by atoms with Crippen LogP contribution in [0.4, 0.5) is 0 Å². The van der Waals surface area contributed by atoms with Crippen LogP contribution in [0.25, 0.3) is 0 Å². The van der Waals surface area contributed by atoms with Gasteiger partial charge >= 0.3 is 0 Å². The first-order valence-electron chi connectivity index (χ1n) is 9.28. The molecule has 1 aliphatic rings. The van der Waals surface area contributed by atoms with Gasteiger partial charge in [0, 0.05) is 18.0 Å². The highest BCUT2D eigenvalue weighted by Gasteiger charge is 2.27. The van der Waals surface area contributed by atoms with Crippen molar-refractivity contribution in [1.82, 2.24) is 15.2 Å². The molecular formula is C19H23N3O6S2. The van der Waals surface area contributed by atoms with Gasteiger partial charge in [-0.2, -0.15) is 4.31 Å². The van der Waals surface area contributed by atoms with Gasteiger partial charge in [-0.1, -0.05) is 12.1 Å². The van der Waals surface area contributed by atoms with Crippen molar-refractivity contribution < 1.29 is 27.5 Å². The molecule has 0 atom stereocenters. The number of hydrogen-bond acceptors (Lipinski definition) is 7. The van der Waals surface area contributed by atoms with Crippen LogP contribution >= 0.6 is 11.3 Å². The van der Waals surface area contributed by atoms with E-state index in [0.29, 0.717) is 36.9 Å². The number of sulfonamides is 1. The quantitative estimate of drug-likeness (QED) is 0.601. The van der Waals surface area contributed by atoms with Crippen LogP contribution in [0.5, 0.6) is 5.75 Å². The molecule has 1 fully saturated rings. The second kappa shape index (κ2) is 10.0. The number of nitrogens with zero attached hydrogens (tertiary/aromatic N) is 1. The van der Waals surface area contributed by atoms with Crippen molar-refractivity contribution >= 4 is 33.2 Å². The molecule has 0 unspecified atom stereocenters. The maximum atomic E-state index is 12.6. The highest BCUT2D eigenvalue weighted by atomic mass is 32.2. The lowest BCUT2D eigenvalue weighted by molar-refractivity contribution is -0.129. The van der Waals surface area contributed by atoms with Gasteiger partial charge in [-0.3, -0.25) is 20.4 Å². The fraction of sp³-hybridized carbons (Fsp3) is 0.368. The van der Waals surface area contributed by atoms with Crippen LogP contribution in [0, 0.1) is 6.92 Å². The topological polar surface area (TPSA) is 114 Å². The Morgan fingerprint density at radius 1 is 1.13 bits per heavy atom. The molecule has 9 nitrogen and oxygen atoms in total. The summed E-state index contributed by atoms with van der Waals surface area (Å²) in [5.41, 5.74) is 5.59. The van der Waals surface area contributed by atoms with E-state index in [4.69, 9.17) is 9.47 Å². The minimum atomic E-state index is -3.59. The number of rotatable bonds is 7. The van der Waals surface area contributed by atoms with Crippen LogP contribution in [-0.2, 0) is 30.8 Å². The van der Waals surface area contributed by atoms with Crippen molar-refractivity contribution in [3.05, 3.63) is 46.8 Å². The fourth-order valence-electron chi connectivity index (χ4n) is 2.74. The van der Waals surface area contributed by atoms with Crippen molar-refractivity contribution in [3.63, 3.8) is 0 Å². The van der Waals surface area contributed by atoms with Crippen LogP contribution in [-0.4, -0.2) is 57.4 Å². The zero-order valence-corrected chi connectivity index (χ0v) is 18.1. The highest BCUT2D eigenvalue weighted by Crippen LogP contribution is 2.25. The van der Waals surface area contributed by atoms with Crippen LogP contribution < -0.4 is 15.6 Å². The lowest BCUT2D eigenvalue weighted by atomic mass is 10.2. The third-order valence-electron chi connectivity index (χ3n) is 4.24. The smallest absolute Gasteiger partial charge is 0.276 e. The number of benzene rings is 1. The van der Waals surface area contributed by atoms with E-state index in [1.165, 1.54) is 10.4 Å². The number of hydrogen-bond donors (Lipinski definition) is 2. The molecular weight excluding hydrogens is 430 g/mol. The summed E-state index contributed by atoms with van der Waals surface area (Å²) in [5.74, 6) is -0.410. The predicted molar refractivity (Wildman–Crippen MR) is 111 cm³/mol. The summed E-state index contributed by atoms with van der Waals surface area (Å²) in [6.45, 7) is 3.03. The third kappa shape index (κ3) is 6.02. The van der Waals surface area contributed by atoms with Gasteiger partial charge in [0.2, 0.25) is 5.91 Å². The number of nitrogens with one attached hydrogen (secondary N) is 2. The van der Waals surface area contributed by atoms with Crippen molar-refractivity contribution in [2.24, 2.45) is 0 Å². The van der Waals surface area contributed by atoms with Gasteiger partial charge in [0.1, 0.15) is 9.96 Å². The van der Waals surface area contributed by atoms with Gasteiger partial charge in [0.05, 0.1) is 19.6 Å². The summed E-state index contributed by atoms with van der Waals surface area (Å²) in [5, 5.41) is 0. The standard InChI is InChI=1S/C19H23N3O6S2/c1-14-3-2-4-15(11-14)28-13-18(24)21-20-17(23)12-16-5-6-19(29-16)30(25,26)22-7-9-27-10-8-22/h2-6,11H,7-10,12-13H2,1H3,(H,20,23)(H,21,24). The van der Waals surface area contributed by atoms with Crippen LogP contribution in [0.3, 0.4) is 0 Å². The summed E-state index contributed by atoms with van der Waals surface area (Å²) in [7, 11) is -3.59. The number of carbonyl (C=O) groups excluding carboxylic acids is 2. The normalized spacial score (nSPS) is 14.8. The third-order valence-corrected chi connectivity index (χ3v) is 7.69. The molecule has 30 heavy (non-hydrogen) atoms. The molecule has 2 heterocycles. The Bertz CT molecular complexity index is 999. The van der Waals surface area contributed by atoms with E-state index < -0.39 is 21.8 Å². The lowest BCUT2D eigenvalue weighted by Gasteiger charge is -2.25. The molecule has 1 aromatic carbocycles. The Hall–Kier alpha value is -2.47. The van der Waals surface area contributed by atoms with E-state index in [1.54, 1.807) is 18.2 Å². The second-order valence-corrected chi connectivity index (χ2v) is 9.95. The first-order chi connectivity index (χ1) is 14.3. The predicted octanol–water partition coefficient (Wildman–Crippen LogP) is 0.846. The van der Waals surface area contributed by atoms with Crippen molar-refractivity contribution in [3.8, 4) is 5.75 Å². The Morgan fingerprint density at radius 2 is 1.87 bits per heavy atom. The van der Waals surface area contributed by atoms with Gasteiger partial charge in [0.25, 0.3) is 15.9 Å². The molecule has 3 rings (SSSR count). The number of morpholine rings is 1. The number of aryl methyl sites for hydroxylation is 1. The molecule has 0 bridgehead atoms. The van der Waals surface area contributed by atoms with E-state index in [1.807, 2.05) is 19.1 Å². The van der Waals surface area contributed by atoms with E-state index in [2.05, 4.69) is 10.9 Å². The number of amides is 2. The molecule has 0 saturated carbocycles. The zero-order valence-electron chi connectivity index (χ0n) is 16.4. The van der Waals surface area contributed by atoms with E-state index in [9.17, 15) is 18.0 Å². The number of thiophene rings is 1. The Morgan fingerprint density at radius 3 is 2.60 bits per heavy atom. The Labute approximate surface area is 179 Å². The first kappa shape index (κ1) is 22.2. The summed E-state index contributed by atoms with van der Waals surface area (Å²) in [6, 6.07) is 10.4. The first-order valence-corrected chi connectivity index (χ1v) is 11.5. The molecule has 1 aromatic heterocycles. The van der Waals surface area contributed by atoms with Gasteiger partial charge in [-0.25, -0.2) is 8.42 Å². The van der Waals surface area contributed by atoms with Crippen LogP contribution in [0.15, 0.2) is 40.6 Å². The lowest BCUT2D eigenvalue weighted by Crippen LogP contribution is -2.44. The molecule has 162 valence electrons. The molecule has 11 heteroatoms. The van der Waals surface area contributed by atoms with Crippen molar-refractivity contribution in [2.75, 3.05) is 32.9 Å². The number of ether oxygens (including phenoxy) is 2. The minimum absolute atomic E-state index is 0.0533. The highest BCUT2D eigenvalue weighted by molar-refractivity contribution is 7.91. The summed E-state index contributed by atoms with van der Waals surface area (Å²) < 4.78 is 37.3. The molecule has 0 radical (unpaired) electrons. The molecule has 2 N–H and O–H groups in total. The summed E-state index contributed by atoms with van der Waals surface area (Å²) in [6.07, 6.45) is -0.0533. The fourth-order valence-corrected chi connectivity index (χ4v) is 5.65. The van der Waals surface area contributed by atoms with E-state index in [-0.39, 0.29) is 17.2 Å². The Kier molecular flexibility index (Phi) is 7.43. The summed E-state index contributed by atoms with van der Waals surface area (Å²) >= 11 is 1.04. The second-order valence-electron chi connectivity index (χ2n) is 6.62. The number of hydrazine groups is 1. The number of carbonyl (C=O) groups is 2. The maximum absolute atomic E-state index is 12.6. The van der Waals surface area contributed by atoms with Gasteiger partial charge in [-0.05, 0) is 36.8 Å². The maximum Gasteiger partial charge on any atom is 0.276 e. The summed E-state index contributed by atoms with van der Waals surface area (Å²) in [4.78, 5) is 24.5. The van der Waals surface area contributed by atoms with Crippen LogP contribution in [0.2, 0.25) is 0 Å². The average molecular weight is 454 g/mol. The Balaban J connectivity index is 1.45. The molecule has 0 aliphatic carbocycles. The monoisotopic (exact) mass is 453 g/mol. The molecule has 1 aliphatic heterocycles. The van der Waals surface area contributed by atoms with Crippen LogP contribution in [0.1, 0.15) is 10.4 Å². The molecule has 1 saturated heterocycles. The van der Waals surface area contributed by atoms with Crippen molar-refractivity contribution in [2.45, 2.75) is 17.6 Å². The van der Waals surface area contributed by atoms with Gasteiger partial charge in [-0.15, -0.1) is 11.3 Å².